The molecule has 1 aliphatic rings. The minimum atomic E-state index is -0.815. The number of unbranched alkanes of at least 4 members (excludes halogenated alkanes) is 1. The number of esters is 1. The maximum Gasteiger partial charge on any atom is 0.316 e. The lowest BCUT2D eigenvalue weighted by Crippen LogP contribution is -2.60. The van der Waals surface area contributed by atoms with Gasteiger partial charge in [-0.2, -0.15) is 0 Å². The molecule has 2 unspecified atom stereocenters. The maximum atomic E-state index is 13.5. The Labute approximate surface area is 234 Å². The quantitative estimate of drug-likeness (QED) is 0.0949. The predicted octanol–water partition coefficient (Wildman–Crippen LogP) is 8.43. The van der Waals surface area contributed by atoms with Gasteiger partial charge in [0, 0.05) is 23.9 Å². The van der Waals surface area contributed by atoms with Crippen molar-refractivity contribution in [2.75, 3.05) is 7.05 Å². The number of hydrogen-bond acceptors (Lipinski definition) is 5. The summed E-state index contributed by atoms with van der Waals surface area (Å²) in [6, 6.07) is 0. The van der Waals surface area contributed by atoms with Gasteiger partial charge in [-0.15, -0.1) is 0 Å². The van der Waals surface area contributed by atoms with Crippen molar-refractivity contribution in [2.45, 2.75) is 145 Å². The summed E-state index contributed by atoms with van der Waals surface area (Å²) in [7, 11) is 2.12. The summed E-state index contributed by atoms with van der Waals surface area (Å²) in [5.74, 6) is -1.04. The zero-order chi connectivity index (χ0) is 29.7. The van der Waals surface area contributed by atoms with Crippen LogP contribution in [-0.2, 0) is 14.3 Å². The van der Waals surface area contributed by atoms with Gasteiger partial charge in [0.15, 0.2) is 0 Å². The van der Waals surface area contributed by atoms with Crippen LogP contribution in [0.3, 0.4) is 0 Å². The highest BCUT2D eigenvalue weighted by Gasteiger charge is 2.45. The molecule has 1 aliphatic heterocycles. The molecule has 0 amide bonds. The topological polar surface area (TPSA) is 66.8 Å². The van der Waals surface area contributed by atoms with Crippen molar-refractivity contribution in [3.05, 3.63) is 23.0 Å². The Morgan fingerprint density at radius 2 is 1.55 bits per heavy atom. The summed E-state index contributed by atoms with van der Waals surface area (Å²) in [5, 5.41) is 11.4. The fraction of sp³-hybridized carbons (Fsp3) is 0.818. The van der Waals surface area contributed by atoms with Crippen LogP contribution in [0.4, 0.5) is 0 Å². The molecule has 0 aromatic carbocycles. The van der Waals surface area contributed by atoms with E-state index >= 15 is 0 Å². The molecule has 1 heterocycles. The standard InChI is InChI=1S/C33H59NO4/c1-14-16-17-23(18-19-27(31(6,7)8)28(36)26(15-2)30(3,4)5)25(22-35)29(37)38-24-20-32(9,10)34(13)33(11,12)21-24/h19,22-25,36H,14-18,20-21H2,1-13H3/b27-19+,28-26-. The van der Waals surface area contributed by atoms with Gasteiger partial charge in [-0.05, 0) is 81.9 Å². The Balaban J connectivity index is 3.33. The first-order valence-electron chi connectivity index (χ1n) is 14.8. The van der Waals surface area contributed by atoms with E-state index in [1.807, 2.05) is 0 Å². The number of carbonyl (C=O) groups excluding carboxylic acids is 2. The Bertz CT molecular complexity index is 848. The average molecular weight is 534 g/mol. The summed E-state index contributed by atoms with van der Waals surface area (Å²) in [4.78, 5) is 28.2. The van der Waals surface area contributed by atoms with Gasteiger partial charge in [-0.3, -0.25) is 9.69 Å². The van der Waals surface area contributed by atoms with Crippen molar-refractivity contribution >= 4 is 12.3 Å². The number of allylic oxidation sites excluding steroid dienone is 3. The van der Waals surface area contributed by atoms with Gasteiger partial charge < -0.3 is 14.6 Å². The van der Waals surface area contributed by atoms with Crippen LogP contribution in [0.2, 0.25) is 0 Å². The van der Waals surface area contributed by atoms with Gasteiger partial charge >= 0.3 is 5.97 Å². The zero-order valence-corrected chi connectivity index (χ0v) is 27.0. The summed E-state index contributed by atoms with van der Waals surface area (Å²) in [6.07, 6.45) is 8.10. The molecule has 0 bridgehead atoms. The van der Waals surface area contributed by atoms with E-state index in [1.54, 1.807) is 0 Å². The molecular weight excluding hydrogens is 474 g/mol. The van der Waals surface area contributed by atoms with E-state index in [-0.39, 0.29) is 33.9 Å². The first-order valence-corrected chi connectivity index (χ1v) is 14.8. The number of carbonyl (C=O) groups is 2. The van der Waals surface area contributed by atoms with E-state index < -0.39 is 11.9 Å². The zero-order valence-electron chi connectivity index (χ0n) is 27.0. The van der Waals surface area contributed by atoms with Crippen LogP contribution in [0.15, 0.2) is 23.0 Å². The number of hydrogen-bond donors (Lipinski definition) is 1. The number of aliphatic hydroxyl groups excluding tert-OH is 1. The summed E-state index contributed by atoms with van der Waals surface area (Å²) >= 11 is 0. The lowest BCUT2D eigenvalue weighted by Gasteiger charge is -2.53. The molecule has 38 heavy (non-hydrogen) atoms. The number of aldehydes is 1. The Morgan fingerprint density at radius 1 is 1.03 bits per heavy atom. The van der Waals surface area contributed by atoms with Gasteiger partial charge in [0.1, 0.15) is 24.1 Å². The monoisotopic (exact) mass is 533 g/mol. The molecule has 5 nitrogen and oxygen atoms in total. The van der Waals surface area contributed by atoms with Crippen molar-refractivity contribution in [2.24, 2.45) is 22.7 Å². The van der Waals surface area contributed by atoms with Crippen molar-refractivity contribution < 1.29 is 19.4 Å². The van der Waals surface area contributed by atoms with E-state index in [9.17, 15) is 14.7 Å². The Morgan fingerprint density at radius 3 is 1.95 bits per heavy atom. The van der Waals surface area contributed by atoms with Crippen LogP contribution in [0.5, 0.6) is 0 Å². The van der Waals surface area contributed by atoms with E-state index in [4.69, 9.17) is 4.74 Å². The second-order valence-corrected chi connectivity index (χ2v) is 14.7. The van der Waals surface area contributed by atoms with Crippen molar-refractivity contribution in [3.63, 3.8) is 0 Å². The third kappa shape index (κ3) is 8.96. The van der Waals surface area contributed by atoms with Crippen LogP contribution < -0.4 is 0 Å². The van der Waals surface area contributed by atoms with Gasteiger partial charge in [-0.25, -0.2) is 0 Å². The minimum Gasteiger partial charge on any atom is -0.508 e. The van der Waals surface area contributed by atoms with Crippen molar-refractivity contribution in [1.29, 1.82) is 0 Å². The third-order valence-electron chi connectivity index (χ3n) is 8.64. The van der Waals surface area contributed by atoms with Crippen LogP contribution in [-0.4, -0.2) is 46.5 Å². The Kier molecular flexibility index (Phi) is 11.9. The number of piperidine rings is 1. The molecule has 0 aliphatic carbocycles. The summed E-state index contributed by atoms with van der Waals surface area (Å²) < 4.78 is 6.07. The van der Waals surface area contributed by atoms with E-state index in [0.29, 0.717) is 12.2 Å². The van der Waals surface area contributed by atoms with Gasteiger partial charge in [0.25, 0.3) is 0 Å². The number of likely N-dealkylation sites (tertiary alicyclic amines) is 1. The average Bonchev–Trinajstić information content (AvgIpc) is 2.73. The van der Waals surface area contributed by atoms with Gasteiger partial charge in [-0.1, -0.05) is 74.3 Å². The molecule has 1 N–H and O–H groups in total. The smallest absolute Gasteiger partial charge is 0.316 e. The Hall–Kier alpha value is -1.62. The SMILES string of the molecule is CCCCC(C/C=C(\C(O)=C(/CC)C(C)(C)C)C(C)(C)C)C(C=O)C(=O)OC1CC(C)(C)N(C)C(C)(C)C1. The molecule has 0 spiro atoms. The largest absolute Gasteiger partial charge is 0.508 e. The highest BCUT2D eigenvalue weighted by atomic mass is 16.5. The fourth-order valence-electron chi connectivity index (χ4n) is 6.12. The molecule has 1 fully saturated rings. The minimum absolute atomic E-state index is 0.108. The first-order chi connectivity index (χ1) is 17.2. The second-order valence-electron chi connectivity index (χ2n) is 14.7. The molecule has 0 aromatic heterocycles. The second kappa shape index (κ2) is 13.2. The normalized spacial score (nSPS) is 21.4. The third-order valence-corrected chi connectivity index (χ3v) is 8.64. The molecule has 220 valence electrons. The summed E-state index contributed by atoms with van der Waals surface area (Å²) in [6.45, 7) is 25.6. The molecule has 0 aromatic rings. The molecule has 0 saturated carbocycles. The van der Waals surface area contributed by atoms with Crippen LogP contribution in [0, 0.1) is 22.7 Å². The number of aliphatic hydroxyl groups is 1. The molecule has 0 radical (unpaired) electrons. The molecule has 1 rings (SSSR count). The van der Waals surface area contributed by atoms with Crippen LogP contribution in [0.1, 0.15) is 128 Å². The highest BCUT2D eigenvalue weighted by molar-refractivity contribution is 5.88. The van der Waals surface area contributed by atoms with Crippen LogP contribution >= 0.6 is 0 Å². The fourth-order valence-corrected chi connectivity index (χ4v) is 6.12. The van der Waals surface area contributed by atoms with E-state index in [1.165, 1.54) is 0 Å². The van der Waals surface area contributed by atoms with Crippen molar-refractivity contribution in [3.8, 4) is 0 Å². The lowest BCUT2D eigenvalue weighted by molar-refractivity contribution is -0.165. The molecular formula is C33H59NO4. The number of rotatable bonds is 11. The van der Waals surface area contributed by atoms with Crippen molar-refractivity contribution in [1.82, 2.24) is 4.90 Å². The van der Waals surface area contributed by atoms with E-state index in [2.05, 4.69) is 101 Å². The van der Waals surface area contributed by atoms with Gasteiger partial charge in [0.2, 0.25) is 0 Å². The van der Waals surface area contributed by atoms with Crippen LogP contribution in [0.25, 0.3) is 0 Å². The molecule has 5 heteroatoms. The maximum absolute atomic E-state index is 13.5. The highest BCUT2D eigenvalue weighted by Crippen LogP contribution is 2.40. The molecule has 2 atom stereocenters. The lowest BCUT2D eigenvalue weighted by atomic mass is 9.76. The number of ether oxygens (including phenoxy) is 1. The first kappa shape index (κ1) is 34.4. The predicted molar refractivity (Wildman–Crippen MR) is 159 cm³/mol. The summed E-state index contributed by atoms with van der Waals surface area (Å²) in [5.41, 5.74) is 1.24. The van der Waals surface area contributed by atoms with Gasteiger partial charge in [0.05, 0.1) is 0 Å². The number of nitrogens with zero attached hydrogens (tertiary/aromatic N) is 1. The molecule has 1 saturated heterocycles. The van der Waals surface area contributed by atoms with E-state index in [0.717, 1.165) is 56.0 Å².